The molecule has 1 saturated heterocycles. The summed E-state index contributed by atoms with van der Waals surface area (Å²) >= 11 is 0. The number of nitrogens with one attached hydrogen (secondary N) is 1. The Morgan fingerprint density at radius 1 is 1.32 bits per heavy atom. The zero-order chi connectivity index (χ0) is 15.1. The number of fused-ring (bicyclic) bond motifs is 2. The molecular weight excluding hydrogens is 278 g/mol. The Labute approximate surface area is 129 Å². The van der Waals surface area contributed by atoms with Crippen molar-refractivity contribution in [3.63, 3.8) is 0 Å². The van der Waals surface area contributed by atoms with Gasteiger partial charge in [0.25, 0.3) is 5.91 Å². The Kier molecular flexibility index (Phi) is 3.10. The number of carbonyl (C=O) groups is 1. The van der Waals surface area contributed by atoms with Crippen molar-refractivity contribution in [2.75, 3.05) is 16.8 Å². The van der Waals surface area contributed by atoms with Gasteiger partial charge in [-0.15, -0.1) is 5.10 Å². The number of aryl methyl sites for hydroxylation is 1. The van der Waals surface area contributed by atoms with Crippen LogP contribution >= 0.6 is 0 Å². The number of nitrogens with zero attached hydrogens (tertiary/aromatic N) is 4. The number of amides is 1. The lowest BCUT2D eigenvalue weighted by atomic mass is 10.1. The summed E-state index contributed by atoms with van der Waals surface area (Å²) in [5, 5.41) is 7.01. The Morgan fingerprint density at radius 2 is 2.18 bits per heavy atom. The van der Waals surface area contributed by atoms with E-state index >= 15 is 0 Å². The predicted octanol–water partition coefficient (Wildman–Crippen LogP) is 2.06. The smallest absolute Gasteiger partial charge is 0.295 e. The van der Waals surface area contributed by atoms with Crippen molar-refractivity contribution < 1.29 is 4.79 Å². The van der Waals surface area contributed by atoms with Gasteiger partial charge in [0.2, 0.25) is 5.82 Å². The van der Waals surface area contributed by atoms with Crippen LogP contribution in [0.2, 0.25) is 0 Å². The van der Waals surface area contributed by atoms with Gasteiger partial charge in [-0.05, 0) is 37.3 Å². The Balaban J connectivity index is 1.58. The molecule has 2 aliphatic rings. The topological polar surface area (TPSA) is 63.1 Å². The van der Waals surface area contributed by atoms with E-state index in [1.807, 2.05) is 18.2 Å². The summed E-state index contributed by atoms with van der Waals surface area (Å²) in [6, 6.07) is 8.62. The van der Waals surface area contributed by atoms with Crippen LogP contribution in [0.15, 0.2) is 30.6 Å². The fraction of sp³-hybridized carbons (Fsp3) is 0.438. The van der Waals surface area contributed by atoms with Crippen molar-refractivity contribution in [3.8, 4) is 0 Å². The second-order valence-corrected chi connectivity index (χ2v) is 6.20. The van der Waals surface area contributed by atoms with E-state index < -0.39 is 0 Å². The van der Waals surface area contributed by atoms with Gasteiger partial charge in [0.15, 0.2) is 0 Å². The molecule has 2 aromatic rings. The molecule has 1 aliphatic carbocycles. The largest absolute Gasteiger partial charge is 0.367 e. The number of anilines is 2. The fourth-order valence-corrected chi connectivity index (χ4v) is 3.67. The molecule has 2 heterocycles. The van der Waals surface area contributed by atoms with E-state index in [0.717, 1.165) is 23.8 Å². The van der Waals surface area contributed by atoms with E-state index in [-0.39, 0.29) is 11.7 Å². The van der Waals surface area contributed by atoms with Crippen LogP contribution in [-0.2, 0) is 7.05 Å². The van der Waals surface area contributed by atoms with Gasteiger partial charge in [-0.3, -0.25) is 9.48 Å². The number of carbonyl (C=O) groups excluding carboxylic acids is 1. The third-order valence-corrected chi connectivity index (χ3v) is 4.67. The van der Waals surface area contributed by atoms with Crippen molar-refractivity contribution >= 4 is 17.3 Å². The first-order valence-corrected chi connectivity index (χ1v) is 7.73. The number of benzene rings is 1. The van der Waals surface area contributed by atoms with E-state index in [4.69, 9.17) is 0 Å². The normalized spacial score (nSPS) is 23.0. The van der Waals surface area contributed by atoms with Gasteiger partial charge in [0.1, 0.15) is 6.33 Å². The van der Waals surface area contributed by atoms with E-state index in [1.54, 1.807) is 7.05 Å². The van der Waals surface area contributed by atoms with Gasteiger partial charge < -0.3 is 10.2 Å². The number of aromatic nitrogens is 3. The molecule has 4 rings (SSSR count). The average molecular weight is 297 g/mol. The third-order valence-electron chi connectivity index (χ3n) is 4.67. The van der Waals surface area contributed by atoms with Crippen molar-refractivity contribution in [1.82, 2.24) is 14.8 Å². The minimum atomic E-state index is -0.266. The first kappa shape index (κ1) is 13.3. The lowest BCUT2D eigenvalue weighted by molar-refractivity contribution is 0.101. The molecule has 6 heteroatoms. The summed E-state index contributed by atoms with van der Waals surface area (Å²) in [5.41, 5.74) is 1.95. The maximum atomic E-state index is 12.3. The van der Waals surface area contributed by atoms with Crippen LogP contribution in [0, 0.1) is 5.92 Å². The Bertz CT molecular complexity index is 710. The minimum Gasteiger partial charge on any atom is -0.367 e. The molecule has 1 aromatic heterocycles. The molecule has 0 spiro atoms. The summed E-state index contributed by atoms with van der Waals surface area (Å²) in [5.74, 6) is 0.740. The molecule has 1 aromatic carbocycles. The first-order chi connectivity index (χ1) is 10.7. The Morgan fingerprint density at radius 3 is 2.86 bits per heavy atom. The molecule has 2 atom stereocenters. The van der Waals surface area contributed by atoms with Crippen LogP contribution in [0.4, 0.5) is 11.4 Å². The minimum absolute atomic E-state index is 0.195. The van der Waals surface area contributed by atoms with Gasteiger partial charge >= 0.3 is 0 Å². The predicted molar refractivity (Wildman–Crippen MR) is 83.9 cm³/mol. The van der Waals surface area contributed by atoms with Crippen LogP contribution in [0.25, 0.3) is 0 Å². The van der Waals surface area contributed by atoms with E-state index in [0.29, 0.717) is 6.04 Å². The standard InChI is InChI=1S/C16H19N5O/c1-20-10-17-15(19-20)16(22)18-13-4-2-3-5-14(13)21-9-11-6-7-12(21)8-11/h2-5,10-12H,6-9H2,1H3,(H,18,22). The third kappa shape index (κ3) is 2.24. The fourth-order valence-electron chi connectivity index (χ4n) is 3.67. The Hall–Kier alpha value is -2.37. The SMILES string of the molecule is Cn1cnc(C(=O)Nc2ccccc2N2CC3CCC2C3)n1. The highest BCUT2D eigenvalue weighted by atomic mass is 16.2. The molecule has 1 N–H and O–H groups in total. The summed E-state index contributed by atoms with van der Waals surface area (Å²) in [6.07, 6.45) is 5.41. The maximum Gasteiger partial charge on any atom is 0.295 e. The van der Waals surface area contributed by atoms with Crippen LogP contribution in [0.5, 0.6) is 0 Å². The van der Waals surface area contributed by atoms with Gasteiger partial charge in [0.05, 0.1) is 11.4 Å². The van der Waals surface area contributed by atoms with Crippen molar-refractivity contribution in [1.29, 1.82) is 0 Å². The van der Waals surface area contributed by atoms with Crippen LogP contribution in [0.3, 0.4) is 0 Å². The molecule has 2 unspecified atom stereocenters. The van der Waals surface area contributed by atoms with Gasteiger partial charge in [0, 0.05) is 19.6 Å². The highest BCUT2D eigenvalue weighted by Gasteiger charge is 2.38. The summed E-state index contributed by atoms with van der Waals surface area (Å²) in [6.45, 7) is 1.10. The van der Waals surface area contributed by atoms with E-state index in [9.17, 15) is 4.79 Å². The highest BCUT2D eigenvalue weighted by Crippen LogP contribution is 2.42. The molecule has 2 bridgehead atoms. The zero-order valence-electron chi connectivity index (χ0n) is 12.6. The van der Waals surface area contributed by atoms with Gasteiger partial charge in [-0.2, -0.15) is 0 Å². The van der Waals surface area contributed by atoms with Crippen LogP contribution < -0.4 is 10.2 Å². The molecule has 1 aliphatic heterocycles. The maximum absolute atomic E-state index is 12.3. The van der Waals surface area contributed by atoms with Crippen molar-refractivity contribution in [2.45, 2.75) is 25.3 Å². The van der Waals surface area contributed by atoms with Gasteiger partial charge in [-0.25, -0.2) is 4.98 Å². The van der Waals surface area contributed by atoms with Gasteiger partial charge in [-0.1, -0.05) is 12.1 Å². The van der Waals surface area contributed by atoms with Crippen molar-refractivity contribution in [2.24, 2.45) is 13.0 Å². The molecule has 114 valence electrons. The number of hydrogen-bond acceptors (Lipinski definition) is 4. The second-order valence-electron chi connectivity index (χ2n) is 6.20. The van der Waals surface area contributed by atoms with E-state index in [1.165, 1.54) is 30.3 Å². The highest BCUT2D eigenvalue weighted by molar-refractivity contribution is 6.03. The molecule has 1 saturated carbocycles. The number of piperidine rings is 1. The number of rotatable bonds is 3. The number of para-hydroxylation sites is 2. The average Bonchev–Trinajstić information content (AvgIpc) is 3.24. The lowest BCUT2D eigenvalue weighted by Crippen LogP contribution is -2.32. The number of hydrogen-bond donors (Lipinski definition) is 1. The van der Waals surface area contributed by atoms with Crippen LogP contribution in [0.1, 0.15) is 29.9 Å². The molecule has 0 radical (unpaired) electrons. The second kappa shape index (κ2) is 5.12. The summed E-state index contributed by atoms with van der Waals surface area (Å²) < 4.78 is 1.53. The molecule has 6 nitrogen and oxygen atoms in total. The lowest BCUT2D eigenvalue weighted by Gasteiger charge is -2.30. The summed E-state index contributed by atoms with van der Waals surface area (Å²) in [7, 11) is 1.75. The van der Waals surface area contributed by atoms with Crippen molar-refractivity contribution in [3.05, 3.63) is 36.4 Å². The quantitative estimate of drug-likeness (QED) is 0.942. The van der Waals surface area contributed by atoms with Crippen LogP contribution in [-0.4, -0.2) is 33.3 Å². The monoisotopic (exact) mass is 297 g/mol. The summed E-state index contributed by atoms with van der Waals surface area (Å²) in [4.78, 5) is 18.7. The molecule has 2 fully saturated rings. The first-order valence-electron chi connectivity index (χ1n) is 7.73. The molecule has 22 heavy (non-hydrogen) atoms. The molecular formula is C16H19N5O. The zero-order valence-corrected chi connectivity index (χ0v) is 12.6. The molecule has 1 amide bonds. The van der Waals surface area contributed by atoms with E-state index in [2.05, 4.69) is 26.4 Å².